The van der Waals surface area contributed by atoms with Crippen molar-refractivity contribution in [3.05, 3.63) is 30.1 Å². The van der Waals surface area contributed by atoms with E-state index in [1.165, 1.54) is 48.5 Å². The molecule has 7 heteroatoms. The highest BCUT2D eigenvalue weighted by atomic mass is 19.1. The zero-order chi connectivity index (χ0) is 18.3. The van der Waals surface area contributed by atoms with Crippen molar-refractivity contribution in [3.63, 3.8) is 0 Å². The summed E-state index contributed by atoms with van der Waals surface area (Å²) in [5.74, 6) is -0.402. The molecule has 0 aromatic heterocycles. The van der Waals surface area contributed by atoms with Crippen LogP contribution in [0.3, 0.4) is 0 Å². The molecular weight excluding hydrogens is 335 g/mol. The summed E-state index contributed by atoms with van der Waals surface area (Å²) in [6, 6.07) is 5.26. The predicted molar refractivity (Wildman–Crippen MR) is 96.0 cm³/mol. The lowest BCUT2D eigenvalue weighted by Crippen LogP contribution is -2.45. The Morgan fingerprint density at radius 2 is 1.85 bits per heavy atom. The van der Waals surface area contributed by atoms with Gasteiger partial charge in [0, 0.05) is 19.0 Å². The first-order valence-electron chi connectivity index (χ1n) is 9.27. The van der Waals surface area contributed by atoms with E-state index < -0.39 is 11.9 Å². The highest BCUT2D eigenvalue weighted by Crippen LogP contribution is 2.37. The average molecular weight is 358 g/mol. The molecule has 1 saturated carbocycles. The van der Waals surface area contributed by atoms with Crippen LogP contribution in [0.1, 0.15) is 38.5 Å². The van der Waals surface area contributed by atoms with E-state index in [0.29, 0.717) is 23.4 Å². The van der Waals surface area contributed by atoms with Crippen LogP contribution in [0.25, 0.3) is 0 Å². The number of anilines is 1. The lowest BCUT2D eigenvalue weighted by Gasteiger charge is -2.36. The molecule has 1 saturated heterocycles. The van der Waals surface area contributed by atoms with Gasteiger partial charge in [0.2, 0.25) is 5.91 Å². The van der Waals surface area contributed by atoms with E-state index in [4.69, 9.17) is 5.73 Å². The van der Waals surface area contributed by atoms with Gasteiger partial charge >= 0.3 is 0 Å². The molecule has 1 aliphatic carbocycles. The summed E-state index contributed by atoms with van der Waals surface area (Å²) in [7, 11) is 0. The average Bonchev–Trinajstić information content (AvgIpc) is 3.21. The first-order chi connectivity index (χ1) is 12.5. The first-order valence-corrected chi connectivity index (χ1v) is 9.27. The Morgan fingerprint density at radius 1 is 1.12 bits per heavy atom. The Kier molecular flexibility index (Phi) is 4.38. The van der Waals surface area contributed by atoms with Crippen LogP contribution in [-0.4, -0.2) is 41.1 Å². The monoisotopic (exact) mass is 358 g/mol. The minimum absolute atomic E-state index is 0.0877. The number of halogens is 1. The standard InChI is InChI=1S/C19H23FN4O2/c20-13-6-8-14(9-7-13)24-17(18(21)25)11-15(22-24)19(26)23-10-2-5-16(23)12-3-1-4-12/h6-9,12,16-17H,1-5,10-11H2,(H2,21,25). The fourth-order valence-corrected chi connectivity index (χ4v) is 4.22. The van der Waals surface area contributed by atoms with Crippen LogP contribution in [0.4, 0.5) is 10.1 Å². The second kappa shape index (κ2) is 6.70. The maximum absolute atomic E-state index is 13.2. The van der Waals surface area contributed by atoms with Crippen molar-refractivity contribution in [2.24, 2.45) is 16.8 Å². The van der Waals surface area contributed by atoms with E-state index in [1.807, 2.05) is 4.90 Å². The lowest BCUT2D eigenvalue weighted by molar-refractivity contribution is -0.126. The Bertz CT molecular complexity index is 744. The molecule has 2 unspecified atom stereocenters. The number of hydrogen-bond donors (Lipinski definition) is 1. The van der Waals surface area contributed by atoms with Crippen molar-refractivity contribution in [1.82, 2.24) is 4.90 Å². The smallest absolute Gasteiger partial charge is 0.270 e. The number of nitrogens with two attached hydrogens (primary N) is 1. The second-order valence-corrected chi connectivity index (χ2v) is 7.39. The molecule has 3 aliphatic rings. The summed E-state index contributed by atoms with van der Waals surface area (Å²) in [6.45, 7) is 0.747. The fraction of sp³-hybridized carbons (Fsp3) is 0.526. The Hall–Kier alpha value is -2.44. The molecule has 1 aromatic carbocycles. The SMILES string of the molecule is NC(=O)C1CC(C(=O)N2CCCC2C2CCC2)=NN1c1ccc(F)cc1. The number of rotatable bonds is 4. The Balaban J connectivity index is 1.57. The number of amides is 2. The number of hydrazone groups is 1. The molecule has 1 aromatic rings. The van der Waals surface area contributed by atoms with Crippen LogP contribution in [0.15, 0.2) is 29.4 Å². The number of nitrogens with zero attached hydrogens (tertiary/aromatic N) is 3. The lowest BCUT2D eigenvalue weighted by atomic mass is 9.78. The van der Waals surface area contributed by atoms with E-state index in [1.54, 1.807) is 0 Å². The van der Waals surface area contributed by atoms with Gasteiger partial charge in [-0.2, -0.15) is 5.10 Å². The van der Waals surface area contributed by atoms with Crippen molar-refractivity contribution in [3.8, 4) is 0 Å². The van der Waals surface area contributed by atoms with E-state index in [0.717, 1.165) is 19.4 Å². The molecule has 0 bridgehead atoms. The minimum Gasteiger partial charge on any atom is -0.368 e. The molecule has 2 fully saturated rings. The molecule has 2 amide bonds. The van der Waals surface area contributed by atoms with E-state index >= 15 is 0 Å². The van der Waals surface area contributed by atoms with Crippen molar-refractivity contribution in [2.75, 3.05) is 11.6 Å². The van der Waals surface area contributed by atoms with Crippen molar-refractivity contribution < 1.29 is 14.0 Å². The maximum Gasteiger partial charge on any atom is 0.270 e. The Morgan fingerprint density at radius 3 is 2.46 bits per heavy atom. The summed E-state index contributed by atoms with van der Waals surface area (Å²) < 4.78 is 13.2. The largest absolute Gasteiger partial charge is 0.368 e. The molecule has 4 rings (SSSR count). The highest BCUT2D eigenvalue weighted by Gasteiger charge is 2.42. The van der Waals surface area contributed by atoms with Gasteiger partial charge in [-0.05, 0) is 55.9 Å². The van der Waals surface area contributed by atoms with Crippen LogP contribution < -0.4 is 10.7 Å². The zero-order valence-electron chi connectivity index (χ0n) is 14.6. The van der Waals surface area contributed by atoms with Gasteiger partial charge in [0.15, 0.2) is 0 Å². The number of primary amides is 1. The summed E-state index contributed by atoms with van der Waals surface area (Å²) in [5, 5.41) is 5.86. The van der Waals surface area contributed by atoms with Gasteiger partial charge in [-0.15, -0.1) is 0 Å². The molecule has 26 heavy (non-hydrogen) atoms. The van der Waals surface area contributed by atoms with Gasteiger partial charge in [0.05, 0.1) is 5.69 Å². The third-order valence-corrected chi connectivity index (χ3v) is 5.83. The fourth-order valence-electron chi connectivity index (χ4n) is 4.22. The van der Waals surface area contributed by atoms with Crippen molar-refractivity contribution in [1.29, 1.82) is 0 Å². The quantitative estimate of drug-likeness (QED) is 0.894. The number of benzene rings is 1. The number of carbonyl (C=O) groups excluding carboxylic acids is 2. The van der Waals surface area contributed by atoms with E-state index in [9.17, 15) is 14.0 Å². The third kappa shape index (κ3) is 2.95. The summed E-state index contributed by atoms with van der Waals surface area (Å²) >= 11 is 0. The van der Waals surface area contributed by atoms with E-state index in [-0.39, 0.29) is 18.1 Å². The predicted octanol–water partition coefficient (Wildman–Crippen LogP) is 2.04. The third-order valence-electron chi connectivity index (χ3n) is 5.83. The Labute approximate surface area is 151 Å². The maximum atomic E-state index is 13.2. The molecule has 6 nitrogen and oxygen atoms in total. The second-order valence-electron chi connectivity index (χ2n) is 7.39. The van der Waals surface area contributed by atoms with Gasteiger partial charge in [-0.1, -0.05) is 6.42 Å². The van der Waals surface area contributed by atoms with Crippen molar-refractivity contribution >= 4 is 23.2 Å². The molecule has 2 N–H and O–H groups in total. The summed E-state index contributed by atoms with van der Waals surface area (Å²) in [6.07, 6.45) is 5.87. The molecule has 2 aliphatic heterocycles. The first kappa shape index (κ1) is 17.0. The van der Waals surface area contributed by atoms with Crippen molar-refractivity contribution in [2.45, 2.75) is 50.6 Å². The molecule has 2 atom stereocenters. The van der Waals surface area contributed by atoms with Gasteiger partial charge in [0.1, 0.15) is 17.6 Å². The normalized spacial score (nSPS) is 26.0. The van der Waals surface area contributed by atoms with Crippen LogP contribution in [0.5, 0.6) is 0 Å². The zero-order valence-corrected chi connectivity index (χ0v) is 14.6. The highest BCUT2D eigenvalue weighted by molar-refractivity contribution is 6.40. The molecular formula is C19H23FN4O2. The van der Waals surface area contributed by atoms with Crippen LogP contribution in [-0.2, 0) is 9.59 Å². The van der Waals surface area contributed by atoms with Gasteiger partial charge < -0.3 is 10.6 Å². The van der Waals surface area contributed by atoms with Gasteiger partial charge in [-0.3, -0.25) is 14.6 Å². The summed E-state index contributed by atoms with van der Waals surface area (Å²) in [4.78, 5) is 26.9. The molecule has 2 heterocycles. The number of hydrogen-bond acceptors (Lipinski definition) is 4. The van der Waals surface area contributed by atoms with Crippen LogP contribution in [0.2, 0.25) is 0 Å². The van der Waals surface area contributed by atoms with E-state index in [2.05, 4.69) is 5.10 Å². The molecule has 0 spiro atoms. The topological polar surface area (TPSA) is 79.0 Å². The van der Waals surface area contributed by atoms with Crippen LogP contribution >= 0.6 is 0 Å². The minimum atomic E-state index is -0.718. The molecule has 138 valence electrons. The summed E-state index contributed by atoms with van der Waals surface area (Å²) in [5.41, 5.74) is 6.44. The van der Waals surface area contributed by atoms with Gasteiger partial charge in [0.25, 0.3) is 5.91 Å². The van der Waals surface area contributed by atoms with Crippen LogP contribution in [0, 0.1) is 11.7 Å². The van der Waals surface area contributed by atoms with Gasteiger partial charge in [-0.25, -0.2) is 4.39 Å². The number of likely N-dealkylation sites (tertiary alicyclic amines) is 1. The number of carbonyl (C=O) groups is 2. The molecule has 0 radical (unpaired) electrons.